The normalized spacial score (nSPS) is 10.7. The lowest BCUT2D eigenvalue weighted by atomic mass is 10.3. The number of amides is 1. The van der Waals surface area contributed by atoms with Crippen LogP contribution in [0.4, 0.5) is 18.7 Å². The number of carboxylic acid groups (broad SMARTS) is 1. The molecule has 0 saturated carbocycles. The number of aromatic nitrogens is 1. The molecule has 7 heteroatoms. The first-order valence-electron chi connectivity index (χ1n) is 4.21. The highest BCUT2D eigenvalue weighted by atomic mass is 32.1. The van der Waals surface area contributed by atoms with Crippen LogP contribution in [0.5, 0.6) is 0 Å². The number of hydrogen-bond acceptors (Lipinski definition) is 3. The lowest BCUT2D eigenvalue weighted by Gasteiger charge is -2.06. The van der Waals surface area contributed by atoms with Crippen molar-refractivity contribution in [3.8, 4) is 0 Å². The first kappa shape index (κ1) is 10.7. The Morgan fingerprint density at radius 1 is 1.44 bits per heavy atom. The Hall–Kier alpha value is -1.76. The molecule has 1 heterocycles. The van der Waals surface area contributed by atoms with Crippen molar-refractivity contribution in [2.24, 2.45) is 0 Å². The molecule has 0 radical (unpaired) electrons. The van der Waals surface area contributed by atoms with Crippen LogP contribution in [-0.2, 0) is 0 Å². The Balaban J connectivity index is 2.56. The van der Waals surface area contributed by atoms with E-state index in [1.165, 1.54) is 7.05 Å². The van der Waals surface area contributed by atoms with E-state index >= 15 is 0 Å². The average molecular weight is 244 g/mol. The van der Waals surface area contributed by atoms with E-state index in [0.29, 0.717) is 4.70 Å². The second kappa shape index (κ2) is 3.67. The van der Waals surface area contributed by atoms with Crippen LogP contribution in [0, 0.1) is 11.6 Å². The standard InChI is InChI=1S/C9H6F2N2O2S/c1-13(9(14)15)8-12-6-2-4(10)5(11)3-7(6)16-8/h2-3H,1H3,(H,14,15). The first-order chi connectivity index (χ1) is 7.49. The van der Waals surface area contributed by atoms with Gasteiger partial charge >= 0.3 is 6.09 Å². The van der Waals surface area contributed by atoms with Crippen LogP contribution in [-0.4, -0.2) is 23.2 Å². The number of rotatable bonds is 1. The zero-order chi connectivity index (χ0) is 11.9. The third-order valence-corrected chi connectivity index (χ3v) is 3.09. The summed E-state index contributed by atoms with van der Waals surface area (Å²) in [5, 5.41) is 8.89. The molecular weight excluding hydrogens is 238 g/mol. The van der Waals surface area contributed by atoms with E-state index in [0.717, 1.165) is 28.4 Å². The van der Waals surface area contributed by atoms with Gasteiger partial charge in [-0.3, -0.25) is 4.90 Å². The summed E-state index contributed by atoms with van der Waals surface area (Å²) in [6.07, 6.45) is -1.18. The number of thiazole rings is 1. The molecule has 4 nitrogen and oxygen atoms in total. The molecule has 16 heavy (non-hydrogen) atoms. The molecule has 1 N–H and O–H groups in total. The minimum atomic E-state index is -1.18. The molecule has 0 saturated heterocycles. The Labute approximate surface area is 92.7 Å². The highest BCUT2D eigenvalue weighted by molar-refractivity contribution is 7.22. The molecule has 0 unspecified atom stereocenters. The van der Waals surface area contributed by atoms with Gasteiger partial charge in [0.2, 0.25) is 0 Å². The van der Waals surface area contributed by atoms with Gasteiger partial charge in [0.1, 0.15) is 0 Å². The molecule has 1 aromatic carbocycles. The molecule has 0 aliphatic rings. The van der Waals surface area contributed by atoms with Gasteiger partial charge in [-0.2, -0.15) is 0 Å². The van der Waals surface area contributed by atoms with Crippen molar-refractivity contribution in [1.82, 2.24) is 4.98 Å². The van der Waals surface area contributed by atoms with Crippen LogP contribution in [0.1, 0.15) is 0 Å². The first-order valence-corrected chi connectivity index (χ1v) is 5.03. The topological polar surface area (TPSA) is 53.4 Å². The SMILES string of the molecule is CN(C(=O)O)c1nc2cc(F)c(F)cc2s1. The maximum Gasteiger partial charge on any atom is 0.413 e. The van der Waals surface area contributed by atoms with Gasteiger partial charge < -0.3 is 5.11 Å². The Bertz CT molecular complexity index is 531. The molecule has 1 amide bonds. The number of carbonyl (C=O) groups is 1. The highest BCUT2D eigenvalue weighted by Gasteiger charge is 2.15. The summed E-state index contributed by atoms with van der Waals surface area (Å²) in [4.78, 5) is 15.4. The minimum absolute atomic E-state index is 0.174. The second-order valence-electron chi connectivity index (χ2n) is 3.07. The number of fused-ring (bicyclic) bond motifs is 1. The largest absolute Gasteiger partial charge is 0.465 e. The Morgan fingerprint density at radius 2 is 2.06 bits per heavy atom. The Kier molecular flexibility index (Phi) is 2.47. The lowest BCUT2D eigenvalue weighted by molar-refractivity contribution is 0.203. The van der Waals surface area contributed by atoms with Crippen molar-refractivity contribution in [3.63, 3.8) is 0 Å². The summed E-state index contributed by atoms with van der Waals surface area (Å²) < 4.78 is 26.2. The molecule has 84 valence electrons. The van der Waals surface area contributed by atoms with Gasteiger partial charge in [0.15, 0.2) is 16.8 Å². The van der Waals surface area contributed by atoms with E-state index in [9.17, 15) is 13.6 Å². The zero-order valence-corrected chi connectivity index (χ0v) is 8.89. The van der Waals surface area contributed by atoms with E-state index in [1.54, 1.807) is 0 Å². The van der Waals surface area contributed by atoms with Gasteiger partial charge in [-0.05, 0) is 6.07 Å². The van der Waals surface area contributed by atoms with Crippen molar-refractivity contribution >= 4 is 32.8 Å². The third kappa shape index (κ3) is 1.69. The van der Waals surface area contributed by atoms with E-state index < -0.39 is 17.7 Å². The van der Waals surface area contributed by atoms with E-state index in [-0.39, 0.29) is 10.6 Å². The van der Waals surface area contributed by atoms with E-state index in [2.05, 4.69) is 4.98 Å². The fraction of sp³-hybridized carbons (Fsp3) is 0.111. The molecule has 0 bridgehead atoms. The van der Waals surface area contributed by atoms with Crippen LogP contribution < -0.4 is 4.90 Å². The number of benzene rings is 1. The smallest absolute Gasteiger partial charge is 0.413 e. The predicted octanol–water partition coefficient (Wildman–Crippen LogP) is 2.69. The summed E-state index contributed by atoms with van der Waals surface area (Å²) >= 11 is 0.984. The van der Waals surface area contributed by atoms with Gasteiger partial charge in [-0.15, -0.1) is 0 Å². The molecule has 1 aromatic heterocycles. The summed E-state index contributed by atoms with van der Waals surface area (Å²) in [7, 11) is 1.31. The van der Waals surface area contributed by atoms with Crippen molar-refractivity contribution in [2.45, 2.75) is 0 Å². The number of hydrogen-bond donors (Lipinski definition) is 1. The van der Waals surface area contributed by atoms with Crippen molar-refractivity contribution in [2.75, 3.05) is 11.9 Å². The highest BCUT2D eigenvalue weighted by Crippen LogP contribution is 2.29. The molecular formula is C9H6F2N2O2S. The monoisotopic (exact) mass is 244 g/mol. The van der Waals surface area contributed by atoms with Gasteiger partial charge in [-0.25, -0.2) is 18.6 Å². The summed E-state index contributed by atoms with van der Waals surface area (Å²) in [5.74, 6) is -1.97. The lowest BCUT2D eigenvalue weighted by Crippen LogP contribution is -2.23. The summed E-state index contributed by atoms with van der Waals surface area (Å²) in [5.41, 5.74) is 0.243. The van der Waals surface area contributed by atoms with Crippen molar-refractivity contribution < 1.29 is 18.7 Å². The van der Waals surface area contributed by atoms with Gasteiger partial charge in [0, 0.05) is 13.1 Å². The zero-order valence-electron chi connectivity index (χ0n) is 8.07. The summed E-state index contributed by atoms with van der Waals surface area (Å²) in [6.45, 7) is 0. The number of halogens is 2. The van der Waals surface area contributed by atoms with Gasteiger partial charge in [0.25, 0.3) is 0 Å². The fourth-order valence-electron chi connectivity index (χ4n) is 1.14. The van der Waals surface area contributed by atoms with Crippen LogP contribution in [0.15, 0.2) is 12.1 Å². The summed E-state index contributed by atoms with van der Waals surface area (Å²) in [6, 6.07) is 1.95. The van der Waals surface area contributed by atoms with Gasteiger partial charge in [-0.1, -0.05) is 11.3 Å². The molecule has 0 atom stereocenters. The predicted molar refractivity (Wildman–Crippen MR) is 56.0 cm³/mol. The minimum Gasteiger partial charge on any atom is -0.465 e. The van der Waals surface area contributed by atoms with E-state index in [1.807, 2.05) is 0 Å². The molecule has 0 aliphatic heterocycles. The third-order valence-electron chi connectivity index (χ3n) is 1.99. The van der Waals surface area contributed by atoms with Crippen molar-refractivity contribution in [1.29, 1.82) is 0 Å². The van der Waals surface area contributed by atoms with Crippen molar-refractivity contribution in [3.05, 3.63) is 23.8 Å². The maximum absolute atomic E-state index is 12.9. The van der Waals surface area contributed by atoms with Crippen LogP contribution in [0.2, 0.25) is 0 Å². The van der Waals surface area contributed by atoms with Gasteiger partial charge in [0.05, 0.1) is 10.2 Å². The Morgan fingerprint density at radius 3 is 2.69 bits per heavy atom. The van der Waals surface area contributed by atoms with Crippen LogP contribution >= 0.6 is 11.3 Å². The molecule has 0 fully saturated rings. The quantitative estimate of drug-likeness (QED) is 0.839. The fourth-order valence-corrected chi connectivity index (χ4v) is 2.06. The number of nitrogens with zero attached hydrogens (tertiary/aromatic N) is 2. The molecule has 2 aromatic rings. The average Bonchev–Trinajstić information content (AvgIpc) is 2.60. The van der Waals surface area contributed by atoms with Crippen LogP contribution in [0.3, 0.4) is 0 Å². The van der Waals surface area contributed by atoms with E-state index in [4.69, 9.17) is 5.11 Å². The molecule has 0 spiro atoms. The van der Waals surface area contributed by atoms with Crippen LogP contribution in [0.25, 0.3) is 10.2 Å². The number of anilines is 1. The molecule has 2 rings (SSSR count). The molecule has 0 aliphatic carbocycles. The second-order valence-corrected chi connectivity index (χ2v) is 4.08. The maximum atomic E-state index is 12.9.